The minimum Gasteiger partial charge on any atom is -0.494 e. The summed E-state index contributed by atoms with van der Waals surface area (Å²) in [5, 5.41) is 12.0. The van der Waals surface area contributed by atoms with Gasteiger partial charge in [-0.3, -0.25) is 19.1 Å². The fraction of sp³-hybridized carbons (Fsp3) is 0.240. The Kier molecular flexibility index (Phi) is 7.69. The predicted molar refractivity (Wildman–Crippen MR) is 138 cm³/mol. The summed E-state index contributed by atoms with van der Waals surface area (Å²) in [6.07, 6.45) is 0.161. The lowest BCUT2D eigenvalue weighted by Crippen LogP contribution is -2.23. The van der Waals surface area contributed by atoms with Crippen molar-refractivity contribution in [3.05, 3.63) is 92.0 Å². The second kappa shape index (κ2) is 11.1. The minimum atomic E-state index is -0.595. The smallest absolute Gasteiger partial charge is 0.325 e. The van der Waals surface area contributed by atoms with Gasteiger partial charge in [0.25, 0.3) is 5.56 Å². The van der Waals surface area contributed by atoms with Crippen molar-refractivity contribution < 1.29 is 9.53 Å². The number of anilines is 1. The third-order valence-corrected chi connectivity index (χ3v) is 6.41. The Morgan fingerprint density at radius 2 is 1.86 bits per heavy atom. The molecule has 186 valence electrons. The Morgan fingerprint density at radius 3 is 2.58 bits per heavy atom. The molecule has 2 aromatic heterocycles. The van der Waals surface area contributed by atoms with Crippen LogP contribution in [0.2, 0.25) is 0 Å². The molecule has 0 unspecified atom stereocenters. The number of aromatic amines is 2. The van der Waals surface area contributed by atoms with Crippen molar-refractivity contribution in [1.82, 2.24) is 24.7 Å². The van der Waals surface area contributed by atoms with Crippen LogP contribution < -0.4 is 21.3 Å². The van der Waals surface area contributed by atoms with E-state index in [1.165, 1.54) is 17.8 Å². The Hall–Kier alpha value is -4.12. The van der Waals surface area contributed by atoms with Crippen molar-refractivity contribution in [2.24, 2.45) is 0 Å². The van der Waals surface area contributed by atoms with Gasteiger partial charge in [-0.2, -0.15) is 0 Å². The van der Waals surface area contributed by atoms with E-state index in [-0.39, 0.29) is 18.1 Å². The molecule has 2 heterocycles. The zero-order valence-electron chi connectivity index (χ0n) is 20.1. The van der Waals surface area contributed by atoms with E-state index in [9.17, 15) is 14.4 Å². The summed E-state index contributed by atoms with van der Waals surface area (Å²) >= 11 is 1.24. The lowest BCUT2D eigenvalue weighted by molar-refractivity contribution is -0.113. The molecule has 0 radical (unpaired) electrons. The SMILES string of the molecule is CCOc1ccc(-n2c(Cc3cc(=O)[nH]c(=O)[nH]3)nnc2SCC(=O)Nc2cccc(C)c2C)cc1. The van der Waals surface area contributed by atoms with Gasteiger partial charge in [0.1, 0.15) is 11.6 Å². The van der Waals surface area contributed by atoms with Gasteiger partial charge in [-0.15, -0.1) is 10.2 Å². The third-order valence-electron chi connectivity index (χ3n) is 5.48. The molecule has 0 fully saturated rings. The molecule has 0 aliphatic heterocycles. The molecule has 2 aromatic carbocycles. The van der Waals surface area contributed by atoms with Crippen LogP contribution in [-0.4, -0.2) is 43.0 Å². The molecular formula is C25H26N6O4S. The van der Waals surface area contributed by atoms with Crippen LogP contribution in [0.3, 0.4) is 0 Å². The Balaban J connectivity index is 1.60. The summed E-state index contributed by atoms with van der Waals surface area (Å²) in [4.78, 5) is 40.9. The van der Waals surface area contributed by atoms with Crippen LogP contribution in [0.25, 0.3) is 5.69 Å². The van der Waals surface area contributed by atoms with E-state index in [0.717, 1.165) is 28.3 Å². The summed E-state index contributed by atoms with van der Waals surface area (Å²) in [7, 11) is 0. The molecule has 0 aliphatic carbocycles. The van der Waals surface area contributed by atoms with Gasteiger partial charge in [0.2, 0.25) is 5.91 Å². The lowest BCUT2D eigenvalue weighted by atomic mass is 10.1. The second-order valence-corrected chi connectivity index (χ2v) is 8.98. The highest BCUT2D eigenvalue weighted by atomic mass is 32.2. The number of amides is 1. The van der Waals surface area contributed by atoms with Gasteiger partial charge < -0.3 is 15.0 Å². The van der Waals surface area contributed by atoms with E-state index in [2.05, 4.69) is 25.5 Å². The number of thioether (sulfide) groups is 1. The number of aryl methyl sites for hydroxylation is 1. The average molecular weight is 507 g/mol. The number of hydrogen-bond donors (Lipinski definition) is 3. The maximum atomic E-state index is 12.7. The predicted octanol–water partition coefficient (Wildman–Crippen LogP) is 2.98. The fourth-order valence-electron chi connectivity index (χ4n) is 3.61. The molecule has 0 saturated heterocycles. The zero-order valence-corrected chi connectivity index (χ0v) is 20.9. The minimum absolute atomic E-state index is 0.115. The van der Waals surface area contributed by atoms with Gasteiger partial charge in [-0.05, 0) is 62.2 Å². The Labute approximate surface area is 211 Å². The first-order valence-electron chi connectivity index (χ1n) is 11.3. The molecule has 0 bridgehead atoms. The molecule has 0 atom stereocenters. The van der Waals surface area contributed by atoms with Gasteiger partial charge in [-0.25, -0.2) is 4.79 Å². The summed E-state index contributed by atoms with van der Waals surface area (Å²) in [5.74, 6) is 1.16. The summed E-state index contributed by atoms with van der Waals surface area (Å²) in [6.45, 7) is 6.41. The Bertz CT molecular complexity index is 1460. The molecule has 0 spiro atoms. The second-order valence-electron chi connectivity index (χ2n) is 8.04. The first kappa shape index (κ1) is 25.0. The van der Waals surface area contributed by atoms with Crippen molar-refractivity contribution in [3.63, 3.8) is 0 Å². The van der Waals surface area contributed by atoms with Crippen LogP contribution >= 0.6 is 11.8 Å². The maximum Gasteiger partial charge on any atom is 0.325 e. The van der Waals surface area contributed by atoms with Crippen molar-refractivity contribution >= 4 is 23.4 Å². The van der Waals surface area contributed by atoms with Crippen molar-refractivity contribution in [3.8, 4) is 11.4 Å². The van der Waals surface area contributed by atoms with E-state index < -0.39 is 11.2 Å². The fourth-order valence-corrected chi connectivity index (χ4v) is 4.38. The first-order chi connectivity index (χ1) is 17.3. The molecule has 4 aromatic rings. The van der Waals surface area contributed by atoms with Gasteiger partial charge >= 0.3 is 5.69 Å². The van der Waals surface area contributed by atoms with E-state index in [1.54, 1.807) is 4.57 Å². The molecule has 1 amide bonds. The molecular weight excluding hydrogens is 480 g/mol. The van der Waals surface area contributed by atoms with Crippen LogP contribution in [-0.2, 0) is 11.2 Å². The molecule has 11 heteroatoms. The van der Waals surface area contributed by atoms with Gasteiger partial charge in [0.05, 0.1) is 12.4 Å². The van der Waals surface area contributed by atoms with E-state index in [4.69, 9.17) is 4.74 Å². The number of nitrogens with zero attached hydrogens (tertiary/aromatic N) is 3. The first-order valence-corrected chi connectivity index (χ1v) is 12.3. The van der Waals surface area contributed by atoms with Crippen molar-refractivity contribution in [1.29, 1.82) is 0 Å². The maximum absolute atomic E-state index is 12.7. The van der Waals surface area contributed by atoms with Crippen molar-refractivity contribution in [2.45, 2.75) is 32.3 Å². The monoisotopic (exact) mass is 506 g/mol. The zero-order chi connectivity index (χ0) is 25.7. The topological polar surface area (TPSA) is 135 Å². The number of carbonyl (C=O) groups is 1. The molecule has 0 aliphatic rings. The molecule has 3 N–H and O–H groups in total. The molecule has 10 nitrogen and oxygen atoms in total. The lowest BCUT2D eigenvalue weighted by Gasteiger charge is -2.12. The highest BCUT2D eigenvalue weighted by Gasteiger charge is 2.17. The number of nitrogens with one attached hydrogen (secondary N) is 3. The summed E-state index contributed by atoms with van der Waals surface area (Å²) < 4.78 is 7.33. The largest absolute Gasteiger partial charge is 0.494 e. The normalized spacial score (nSPS) is 10.9. The standard InChI is InChI=1S/C25H26N6O4S/c1-4-35-19-10-8-18(9-11-19)31-21(12-17-13-22(32)28-24(34)26-17)29-30-25(31)36-14-23(33)27-20-7-5-6-15(2)16(20)3/h5-11,13H,4,12,14H2,1-3H3,(H,27,33)(H2,26,28,32,34). The average Bonchev–Trinajstić information content (AvgIpc) is 3.23. The Morgan fingerprint density at radius 1 is 1.08 bits per heavy atom. The summed E-state index contributed by atoms with van der Waals surface area (Å²) in [5.41, 5.74) is 2.93. The number of H-pyrrole nitrogens is 2. The van der Waals surface area contributed by atoms with Crippen LogP contribution in [0.1, 0.15) is 29.6 Å². The molecule has 36 heavy (non-hydrogen) atoms. The van der Waals surface area contributed by atoms with Crippen LogP contribution in [0.4, 0.5) is 5.69 Å². The number of hydrogen-bond acceptors (Lipinski definition) is 7. The number of carbonyl (C=O) groups excluding carboxylic acids is 1. The highest BCUT2D eigenvalue weighted by Crippen LogP contribution is 2.25. The summed E-state index contributed by atoms with van der Waals surface area (Å²) in [6, 6.07) is 14.5. The van der Waals surface area contributed by atoms with E-state index >= 15 is 0 Å². The van der Waals surface area contributed by atoms with Crippen LogP contribution in [0.5, 0.6) is 5.75 Å². The van der Waals surface area contributed by atoms with Gasteiger partial charge in [0, 0.05) is 29.6 Å². The van der Waals surface area contributed by atoms with Crippen LogP contribution in [0, 0.1) is 13.8 Å². The number of aromatic nitrogens is 5. The van der Waals surface area contributed by atoms with Gasteiger partial charge in [0.15, 0.2) is 5.16 Å². The van der Waals surface area contributed by atoms with Gasteiger partial charge in [-0.1, -0.05) is 23.9 Å². The molecule has 0 saturated carbocycles. The third kappa shape index (κ3) is 5.92. The van der Waals surface area contributed by atoms with Crippen molar-refractivity contribution in [2.75, 3.05) is 17.7 Å². The molecule has 4 rings (SSSR count). The highest BCUT2D eigenvalue weighted by molar-refractivity contribution is 7.99. The number of rotatable bonds is 9. The quantitative estimate of drug-likeness (QED) is 0.297. The van der Waals surface area contributed by atoms with E-state index in [1.807, 2.05) is 63.2 Å². The number of ether oxygens (including phenoxy) is 1. The van der Waals surface area contributed by atoms with E-state index in [0.29, 0.717) is 23.3 Å². The number of benzene rings is 2. The van der Waals surface area contributed by atoms with Crippen LogP contribution in [0.15, 0.2) is 63.3 Å².